The van der Waals surface area contributed by atoms with Crippen LogP contribution in [-0.2, 0) is 4.79 Å². The van der Waals surface area contributed by atoms with Gasteiger partial charge in [-0.3, -0.25) is 9.79 Å². The van der Waals surface area contributed by atoms with Crippen molar-refractivity contribution in [1.82, 2.24) is 24.8 Å². The molecule has 2 aromatic heterocycles. The minimum Gasteiger partial charge on any atom is -0.494 e. The van der Waals surface area contributed by atoms with Crippen molar-refractivity contribution in [2.75, 3.05) is 70.2 Å². The third kappa shape index (κ3) is 5.83. The van der Waals surface area contributed by atoms with E-state index in [1.54, 1.807) is 11.1 Å². The summed E-state index contributed by atoms with van der Waals surface area (Å²) < 4.78 is 6.28. The highest BCUT2D eigenvalue weighted by Crippen LogP contribution is 2.34. The number of fused-ring (bicyclic) bond motifs is 2. The summed E-state index contributed by atoms with van der Waals surface area (Å²) in [7, 11) is 3.96. The topological polar surface area (TPSA) is 122 Å². The normalized spacial score (nSPS) is 18.4. The first-order chi connectivity index (χ1) is 18.5. The van der Waals surface area contributed by atoms with Gasteiger partial charge in [-0.1, -0.05) is 0 Å². The van der Waals surface area contributed by atoms with Crippen LogP contribution in [0.5, 0.6) is 11.6 Å². The van der Waals surface area contributed by atoms with Crippen LogP contribution in [0.4, 0.5) is 17.2 Å². The molecule has 2 aliphatic heterocycles. The molecule has 1 fully saturated rings. The average molecular weight is 521 g/mol. The molecule has 0 saturated carbocycles. The molecule has 0 aliphatic carbocycles. The molecule has 0 unspecified atom stereocenters. The van der Waals surface area contributed by atoms with Crippen LogP contribution in [0.15, 0.2) is 29.5 Å². The lowest BCUT2D eigenvalue weighted by Gasteiger charge is -2.35. The van der Waals surface area contributed by atoms with Gasteiger partial charge in [0.15, 0.2) is 5.88 Å². The Bertz CT molecular complexity index is 1300. The summed E-state index contributed by atoms with van der Waals surface area (Å²) in [5.74, 6) is 1.46. The first-order valence-electron chi connectivity index (χ1n) is 13.3. The molecule has 2 aliphatic rings. The summed E-state index contributed by atoms with van der Waals surface area (Å²) in [6.45, 7) is 5.50. The number of hydrogen-bond donors (Lipinski definition) is 3. The van der Waals surface area contributed by atoms with Crippen molar-refractivity contribution >= 4 is 40.3 Å². The zero-order valence-electron chi connectivity index (χ0n) is 22.1. The molecule has 1 amide bonds. The Morgan fingerprint density at radius 2 is 1.87 bits per heavy atom. The van der Waals surface area contributed by atoms with E-state index in [0.717, 1.165) is 62.6 Å². The van der Waals surface area contributed by atoms with Crippen LogP contribution in [-0.4, -0.2) is 102 Å². The van der Waals surface area contributed by atoms with E-state index in [4.69, 9.17) is 4.74 Å². The van der Waals surface area contributed by atoms with Crippen molar-refractivity contribution < 1.29 is 14.6 Å². The number of nitrogens with zero attached hydrogens (tertiary/aromatic N) is 6. The second kappa shape index (κ2) is 11.7. The average Bonchev–Trinajstić information content (AvgIpc) is 3.25. The summed E-state index contributed by atoms with van der Waals surface area (Å²) in [6.07, 6.45) is 6.20. The molecular weight excluding hydrogens is 484 g/mol. The van der Waals surface area contributed by atoms with Crippen LogP contribution in [0, 0.1) is 0 Å². The second-order valence-electron chi connectivity index (χ2n) is 9.93. The third-order valence-corrected chi connectivity index (χ3v) is 7.20. The number of aromatic nitrogens is 3. The Morgan fingerprint density at radius 3 is 2.71 bits per heavy atom. The first-order valence-corrected chi connectivity index (χ1v) is 13.3. The van der Waals surface area contributed by atoms with Crippen LogP contribution < -0.4 is 15.0 Å². The molecule has 0 spiro atoms. The van der Waals surface area contributed by atoms with E-state index < -0.39 is 0 Å². The maximum Gasteiger partial charge on any atom is 0.222 e. The maximum absolute atomic E-state index is 12.6. The van der Waals surface area contributed by atoms with Gasteiger partial charge in [0.1, 0.15) is 23.5 Å². The zero-order chi connectivity index (χ0) is 26.5. The SMILES string of the molecule is CN1CCN(c2ccc3cc2OCCCCCC(=O)N(C)CCNc2ncnc4[nH]c(O)c(c24)C=N3)CC1. The fourth-order valence-electron chi connectivity index (χ4n) is 4.83. The summed E-state index contributed by atoms with van der Waals surface area (Å²) in [4.78, 5) is 35.2. The van der Waals surface area contributed by atoms with Gasteiger partial charge >= 0.3 is 0 Å². The van der Waals surface area contributed by atoms with E-state index in [0.29, 0.717) is 48.5 Å². The smallest absolute Gasteiger partial charge is 0.222 e. The number of likely N-dealkylation sites (N-methyl/N-ethyl adjacent to an activating group) is 2. The minimum absolute atomic E-state index is 0.0315. The number of aromatic hydroxyl groups is 1. The number of H-pyrrole nitrogens is 1. The van der Waals surface area contributed by atoms with Gasteiger partial charge in [0.05, 0.1) is 28.9 Å². The number of rotatable bonds is 1. The van der Waals surface area contributed by atoms with Gasteiger partial charge in [-0.2, -0.15) is 0 Å². The third-order valence-electron chi connectivity index (χ3n) is 7.20. The van der Waals surface area contributed by atoms with Crippen molar-refractivity contribution in [2.24, 2.45) is 4.99 Å². The molecule has 1 saturated heterocycles. The summed E-state index contributed by atoms with van der Waals surface area (Å²) in [6, 6.07) is 6.00. The van der Waals surface area contributed by atoms with Crippen LogP contribution in [0.25, 0.3) is 11.0 Å². The number of aromatic amines is 1. The lowest BCUT2D eigenvalue weighted by molar-refractivity contribution is -0.129. The van der Waals surface area contributed by atoms with Crippen LogP contribution in [0.1, 0.15) is 31.2 Å². The van der Waals surface area contributed by atoms with Gasteiger partial charge in [-0.05, 0) is 38.4 Å². The molecule has 3 aromatic rings. The predicted molar refractivity (Wildman–Crippen MR) is 149 cm³/mol. The number of amides is 1. The van der Waals surface area contributed by atoms with E-state index in [1.807, 2.05) is 19.2 Å². The number of piperazine rings is 1. The van der Waals surface area contributed by atoms with Crippen LogP contribution >= 0.6 is 0 Å². The first kappa shape index (κ1) is 25.8. The van der Waals surface area contributed by atoms with Crippen molar-refractivity contribution in [1.29, 1.82) is 0 Å². The van der Waals surface area contributed by atoms with Gasteiger partial charge in [-0.15, -0.1) is 0 Å². The summed E-state index contributed by atoms with van der Waals surface area (Å²) >= 11 is 0. The summed E-state index contributed by atoms with van der Waals surface area (Å²) in [5, 5.41) is 14.6. The number of hydrogen-bond acceptors (Lipinski definition) is 9. The van der Waals surface area contributed by atoms with Gasteiger partial charge < -0.3 is 34.8 Å². The molecule has 202 valence electrons. The Hall–Kier alpha value is -3.86. The van der Waals surface area contributed by atoms with E-state index >= 15 is 0 Å². The number of carbonyl (C=O) groups is 1. The fraction of sp³-hybridized carbons (Fsp3) is 0.481. The Labute approximate surface area is 222 Å². The Balaban J connectivity index is 1.48. The van der Waals surface area contributed by atoms with E-state index in [-0.39, 0.29) is 11.8 Å². The number of ether oxygens (including phenoxy) is 1. The van der Waals surface area contributed by atoms with Crippen LogP contribution in [0.2, 0.25) is 0 Å². The van der Waals surface area contributed by atoms with Gasteiger partial charge in [0.25, 0.3) is 0 Å². The lowest BCUT2D eigenvalue weighted by atomic mass is 10.2. The summed E-state index contributed by atoms with van der Waals surface area (Å²) in [5.41, 5.74) is 2.79. The fourth-order valence-corrected chi connectivity index (χ4v) is 4.83. The Kier molecular flexibility index (Phi) is 7.92. The molecule has 1 aromatic carbocycles. The number of benzene rings is 1. The van der Waals surface area contributed by atoms with Crippen molar-refractivity contribution in [2.45, 2.75) is 25.7 Å². The second-order valence-corrected chi connectivity index (χ2v) is 9.93. The minimum atomic E-state index is -0.0315. The maximum atomic E-state index is 12.6. The van der Waals surface area contributed by atoms with Gasteiger partial charge in [0, 0.05) is 65.0 Å². The quantitative estimate of drug-likeness (QED) is 0.448. The largest absolute Gasteiger partial charge is 0.494 e. The molecule has 4 heterocycles. The molecule has 11 nitrogen and oxygen atoms in total. The van der Waals surface area contributed by atoms with E-state index in [1.165, 1.54) is 6.33 Å². The molecule has 2 bridgehead atoms. The predicted octanol–water partition coefficient (Wildman–Crippen LogP) is 2.99. The highest BCUT2D eigenvalue weighted by atomic mass is 16.5. The number of carbonyl (C=O) groups excluding carboxylic acids is 1. The molecule has 0 radical (unpaired) electrons. The molecule has 11 heteroatoms. The van der Waals surface area contributed by atoms with E-state index in [2.05, 4.69) is 48.2 Å². The van der Waals surface area contributed by atoms with Crippen molar-refractivity contribution in [3.8, 4) is 11.6 Å². The lowest BCUT2D eigenvalue weighted by Crippen LogP contribution is -2.44. The molecule has 5 rings (SSSR count). The molecule has 38 heavy (non-hydrogen) atoms. The molecular formula is C27H36N8O3. The zero-order valence-corrected chi connectivity index (χ0v) is 22.1. The monoisotopic (exact) mass is 520 g/mol. The number of nitrogens with one attached hydrogen (secondary N) is 2. The number of anilines is 2. The van der Waals surface area contributed by atoms with Crippen LogP contribution in [0.3, 0.4) is 0 Å². The van der Waals surface area contributed by atoms with E-state index in [9.17, 15) is 9.90 Å². The highest BCUT2D eigenvalue weighted by Gasteiger charge is 2.19. The van der Waals surface area contributed by atoms with Crippen molar-refractivity contribution in [3.05, 3.63) is 30.1 Å². The molecule has 3 N–H and O–H groups in total. The highest BCUT2D eigenvalue weighted by molar-refractivity contribution is 6.06. The van der Waals surface area contributed by atoms with Gasteiger partial charge in [0.2, 0.25) is 5.91 Å². The molecule has 0 atom stereocenters. The standard InChI is InChI=1S/C27H36N8O3/c1-33-11-13-35(14-12-33)21-8-7-19-16-22(21)38-15-5-3-4-6-23(36)34(2)10-9-28-25-24-20(17-29-19)27(37)32-26(24)31-18-30-25/h7-8,16-18,37H,3-6,9-15H2,1-2H3,(H2,28,30,31,32). The Morgan fingerprint density at radius 1 is 1.03 bits per heavy atom. The number of aliphatic imine (C=N–C) groups is 1. The van der Waals surface area contributed by atoms with Crippen molar-refractivity contribution in [3.63, 3.8) is 0 Å². The van der Waals surface area contributed by atoms with Gasteiger partial charge in [-0.25, -0.2) is 9.97 Å².